The van der Waals surface area contributed by atoms with Crippen molar-refractivity contribution in [3.05, 3.63) is 71.9 Å². The van der Waals surface area contributed by atoms with Crippen molar-refractivity contribution in [2.24, 2.45) is 5.73 Å². The minimum atomic E-state index is -0.723. The summed E-state index contributed by atoms with van der Waals surface area (Å²) in [5.41, 5.74) is 9.99. The molecule has 2 amide bonds. The summed E-state index contributed by atoms with van der Waals surface area (Å²) in [5.74, 6) is -0.0370. The summed E-state index contributed by atoms with van der Waals surface area (Å²) < 4.78 is 0. The molecule has 8 nitrogen and oxygen atoms in total. The fourth-order valence-electron chi connectivity index (χ4n) is 7.08. The Balaban J connectivity index is 1.51. The van der Waals surface area contributed by atoms with Crippen LogP contribution in [0.25, 0.3) is 22.4 Å². The number of amides is 2. The van der Waals surface area contributed by atoms with Gasteiger partial charge in [-0.25, -0.2) is 0 Å². The highest BCUT2D eigenvalue weighted by atomic mass is 16.3. The Kier molecular flexibility index (Phi) is 7.74. The Hall–Kier alpha value is -3.62. The maximum atomic E-state index is 12.4. The van der Waals surface area contributed by atoms with Crippen LogP contribution in [0.2, 0.25) is 0 Å². The molecule has 0 unspecified atom stereocenters. The van der Waals surface area contributed by atoms with Crippen molar-refractivity contribution >= 4 is 11.8 Å². The number of carbonyl (C=O) groups is 2. The monoisotopic (exact) mass is 555 g/mol. The third kappa shape index (κ3) is 5.76. The van der Waals surface area contributed by atoms with Crippen molar-refractivity contribution in [3.8, 4) is 22.4 Å². The van der Waals surface area contributed by atoms with E-state index in [2.05, 4.69) is 23.5 Å². The molecule has 2 aromatic carbocycles. The van der Waals surface area contributed by atoms with Crippen molar-refractivity contribution in [2.75, 3.05) is 6.54 Å². The molecule has 1 aromatic heterocycles. The van der Waals surface area contributed by atoms with Gasteiger partial charge in [-0.1, -0.05) is 54.6 Å². The molecule has 0 saturated heterocycles. The average Bonchev–Trinajstić information content (AvgIpc) is 2.93. The summed E-state index contributed by atoms with van der Waals surface area (Å²) in [5, 5.41) is 23.0. The van der Waals surface area contributed by atoms with Crippen molar-refractivity contribution < 1.29 is 14.7 Å². The van der Waals surface area contributed by atoms with E-state index < -0.39 is 16.7 Å². The molecule has 1 heterocycles. The third-order valence-electron chi connectivity index (χ3n) is 8.90. The molecule has 0 atom stereocenters. The smallest absolute Gasteiger partial charge is 0.219 e. The second-order valence-corrected chi connectivity index (χ2v) is 12.2. The predicted octanol–water partition coefficient (Wildman–Crippen LogP) is 4.65. The topological polar surface area (TPSA) is 121 Å². The first-order valence-electron chi connectivity index (χ1n) is 14.6. The molecule has 41 heavy (non-hydrogen) atoms. The lowest BCUT2D eigenvalue weighted by atomic mass is 9.63. The Bertz CT molecular complexity index is 1400. The molecule has 2 saturated carbocycles. The maximum Gasteiger partial charge on any atom is 0.219 e. The lowest BCUT2D eigenvalue weighted by Gasteiger charge is -2.49. The molecule has 5 rings (SSSR count). The second kappa shape index (κ2) is 11.0. The van der Waals surface area contributed by atoms with E-state index in [1.165, 1.54) is 6.92 Å². The lowest BCUT2D eigenvalue weighted by Crippen LogP contribution is -2.58. The van der Waals surface area contributed by atoms with E-state index in [1.807, 2.05) is 61.2 Å². The number of nitrogens with one attached hydrogen (secondary N) is 1. The highest BCUT2D eigenvalue weighted by Crippen LogP contribution is 2.46. The van der Waals surface area contributed by atoms with Gasteiger partial charge in [0.15, 0.2) is 0 Å². The first-order valence-corrected chi connectivity index (χ1v) is 14.6. The van der Waals surface area contributed by atoms with Crippen molar-refractivity contribution in [2.45, 2.75) is 88.9 Å². The summed E-state index contributed by atoms with van der Waals surface area (Å²) in [6, 6.07) is 20.4. The van der Waals surface area contributed by atoms with Gasteiger partial charge in [-0.15, -0.1) is 5.10 Å². The second-order valence-electron chi connectivity index (χ2n) is 12.2. The number of nitrogens with zero attached hydrogens (tertiary/aromatic N) is 3. The van der Waals surface area contributed by atoms with Gasteiger partial charge in [0, 0.05) is 43.1 Å². The number of nitrogens with two attached hydrogens (primary N) is 1. The first-order chi connectivity index (χ1) is 19.5. The standard InChI is InChI=1S/C33H41N5O3/c1-5-38(23(3)40)27-15-17-33(18-16-27,35-22(2)39)29-19-28(24-9-7-6-8-10-24)30(37-36-29)25-11-13-26(14-12-25)32(34)20-31(4,41)21-32/h6-14,19,27,41H,5,15-18,20-21,34H2,1-4H3,(H,35,39). The molecule has 4 N–H and O–H groups in total. The zero-order valence-corrected chi connectivity index (χ0v) is 24.5. The van der Waals surface area contributed by atoms with Gasteiger partial charge in [0.05, 0.1) is 16.8 Å². The van der Waals surface area contributed by atoms with Crippen LogP contribution in [-0.4, -0.2) is 50.2 Å². The summed E-state index contributed by atoms with van der Waals surface area (Å²) >= 11 is 0. The number of carbonyl (C=O) groups excluding carboxylic acids is 2. The Labute approximate surface area is 242 Å². The van der Waals surface area contributed by atoms with Crippen LogP contribution in [0.3, 0.4) is 0 Å². The number of hydrogen-bond acceptors (Lipinski definition) is 6. The minimum absolute atomic E-state index is 0.0781. The van der Waals surface area contributed by atoms with Crippen LogP contribution in [0.15, 0.2) is 60.7 Å². The summed E-state index contributed by atoms with van der Waals surface area (Å²) in [4.78, 5) is 26.6. The molecule has 8 heteroatoms. The molecule has 2 aliphatic carbocycles. The number of aromatic nitrogens is 2. The van der Waals surface area contributed by atoms with E-state index in [1.54, 1.807) is 6.92 Å². The zero-order valence-electron chi connectivity index (χ0n) is 24.5. The van der Waals surface area contributed by atoms with Gasteiger partial charge in [0.25, 0.3) is 0 Å². The van der Waals surface area contributed by atoms with E-state index in [9.17, 15) is 14.7 Å². The SMILES string of the molecule is CCN(C(C)=O)C1CCC(NC(C)=O)(c2cc(-c3ccccc3)c(-c3ccc(C4(N)CC(C)(O)C4)cc3)nn2)CC1. The number of aliphatic hydroxyl groups is 1. The van der Waals surface area contributed by atoms with Gasteiger partial charge < -0.3 is 21.1 Å². The minimum Gasteiger partial charge on any atom is -0.390 e. The van der Waals surface area contributed by atoms with Gasteiger partial charge >= 0.3 is 0 Å². The largest absolute Gasteiger partial charge is 0.390 e. The molecular weight excluding hydrogens is 514 g/mol. The molecule has 0 spiro atoms. The summed E-state index contributed by atoms with van der Waals surface area (Å²) in [6.07, 6.45) is 3.93. The van der Waals surface area contributed by atoms with Crippen molar-refractivity contribution in [1.82, 2.24) is 20.4 Å². The molecule has 0 bridgehead atoms. The van der Waals surface area contributed by atoms with Crippen LogP contribution in [0.1, 0.15) is 77.5 Å². The van der Waals surface area contributed by atoms with Crippen LogP contribution in [0.4, 0.5) is 0 Å². The molecule has 0 radical (unpaired) electrons. The number of benzene rings is 2. The highest BCUT2D eigenvalue weighted by Gasteiger charge is 2.49. The van der Waals surface area contributed by atoms with Gasteiger partial charge in [0.1, 0.15) is 5.69 Å². The van der Waals surface area contributed by atoms with Crippen LogP contribution in [-0.2, 0) is 20.7 Å². The third-order valence-corrected chi connectivity index (χ3v) is 8.90. The average molecular weight is 556 g/mol. The molecule has 2 fully saturated rings. The molecule has 3 aromatic rings. The van der Waals surface area contributed by atoms with Gasteiger partial charge in [-0.2, -0.15) is 5.10 Å². The van der Waals surface area contributed by atoms with E-state index in [0.717, 1.165) is 46.5 Å². The number of hydrogen-bond donors (Lipinski definition) is 3. The molecule has 216 valence electrons. The Morgan fingerprint density at radius 2 is 1.63 bits per heavy atom. The van der Waals surface area contributed by atoms with E-state index in [0.29, 0.717) is 32.2 Å². The van der Waals surface area contributed by atoms with Crippen LogP contribution in [0, 0.1) is 0 Å². The fraction of sp³-hybridized carbons (Fsp3) is 0.455. The fourth-order valence-corrected chi connectivity index (χ4v) is 7.08. The van der Waals surface area contributed by atoms with Gasteiger partial charge in [-0.3, -0.25) is 9.59 Å². The molecular formula is C33H41N5O3. The van der Waals surface area contributed by atoms with E-state index in [4.69, 9.17) is 15.9 Å². The summed E-state index contributed by atoms with van der Waals surface area (Å²) in [6.45, 7) is 7.64. The van der Waals surface area contributed by atoms with Crippen LogP contribution < -0.4 is 11.1 Å². The van der Waals surface area contributed by atoms with Crippen molar-refractivity contribution in [3.63, 3.8) is 0 Å². The summed E-state index contributed by atoms with van der Waals surface area (Å²) in [7, 11) is 0. The quantitative estimate of drug-likeness (QED) is 0.390. The molecule has 2 aliphatic rings. The first kappa shape index (κ1) is 28.9. The predicted molar refractivity (Wildman–Crippen MR) is 159 cm³/mol. The lowest BCUT2D eigenvalue weighted by molar-refractivity contribution is -0.132. The highest BCUT2D eigenvalue weighted by molar-refractivity contribution is 5.81. The van der Waals surface area contributed by atoms with Gasteiger partial charge in [-0.05, 0) is 69.6 Å². The maximum absolute atomic E-state index is 12.4. The zero-order chi connectivity index (χ0) is 29.4. The molecule has 0 aliphatic heterocycles. The van der Waals surface area contributed by atoms with Crippen LogP contribution >= 0.6 is 0 Å². The normalized spacial score (nSPS) is 27.5. The van der Waals surface area contributed by atoms with Gasteiger partial charge in [0.2, 0.25) is 11.8 Å². The van der Waals surface area contributed by atoms with Crippen LogP contribution in [0.5, 0.6) is 0 Å². The van der Waals surface area contributed by atoms with Crippen molar-refractivity contribution in [1.29, 1.82) is 0 Å². The Morgan fingerprint density at radius 1 is 1.00 bits per heavy atom. The van der Waals surface area contributed by atoms with E-state index >= 15 is 0 Å². The Morgan fingerprint density at radius 3 is 2.17 bits per heavy atom. The number of rotatable bonds is 7. The van der Waals surface area contributed by atoms with E-state index in [-0.39, 0.29) is 17.9 Å².